The molecule has 0 aromatic heterocycles. The van der Waals surface area contributed by atoms with E-state index >= 15 is 0 Å². The number of hydrogen-bond donors (Lipinski definition) is 1. The van der Waals surface area contributed by atoms with Crippen molar-refractivity contribution in [2.45, 2.75) is 43.9 Å². The first kappa shape index (κ1) is 19.6. The van der Waals surface area contributed by atoms with Crippen LogP contribution in [0, 0.1) is 0 Å². The van der Waals surface area contributed by atoms with Gasteiger partial charge in [0.2, 0.25) is 10.0 Å². The van der Waals surface area contributed by atoms with E-state index in [9.17, 15) is 13.2 Å². The van der Waals surface area contributed by atoms with Crippen LogP contribution < -0.4 is 9.62 Å². The standard InChI is InChI=1S/C21H26N2O3S/c1-2-3-6-15-22-27(25,26)19-13-11-18(12-14-19)21(24)23-16-7-9-17-8-4-5-10-20(17)23/h4-5,8,10-14,22H,2-3,6-7,9,15-16H2,1H3. The van der Waals surface area contributed by atoms with Gasteiger partial charge in [-0.1, -0.05) is 38.0 Å². The normalized spacial score (nSPS) is 14.0. The minimum atomic E-state index is -3.53. The molecule has 2 aromatic carbocycles. The van der Waals surface area contributed by atoms with Crippen LogP contribution in [0.2, 0.25) is 0 Å². The Kier molecular flexibility index (Phi) is 6.29. The zero-order valence-corrected chi connectivity index (χ0v) is 16.5. The summed E-state index contributed by atoms with van der Waals surface area (Å²) < 4.78 is 27.3. The molecule has 1 aliphatic heterocycles. The Morgan fingerprint density at radius 3 is 2.56 bits per heavy atom. The summed E-state index contributed by atoms with van der Waals surface area (Å²) in [4.78, 5) is 14.9. The van der Waals surface area contributed by atoms with Crippen molar-refractivity contribution in [2.75, 3.05) is 18.0 Å². The number of hydrogen-bond acceptors (Lipinski definition) is 3. The monoisotopic (exact) mass is 386 g/mol. The lowest BCUT2D eigenvalue weighted by molar-refractivity contribution is 0.0985. The number of aryl methyl sites for hydroxylation is 1. The molecule has 0 saturated carbocycles. The van der Waals surface area contributed by atoms with E-state index in [1.807, 2.05) is 18.2 Å². The molecule has 0 radical (unpaired) electrons. The third-order valence-electron chi connectivity index (χ3n) is 4.84. The van der Waals surface area contributed by atoms with Crippen molar-refractivity contribution in [3.63, 3.8) is 0 Å². The fraction of sp³-hybridized carbons (Fsp3) is 0.381. The van der Waals surface area contributed by atoms with E-state index in [-0.39, 0.29) is 10.8 Å². The highest BCUT2D eigenvalue weighted by Gasteiger charge is 2.23. The first-order valence-electron chi connectivity index (χ1n) is 9.52. The van der Waals surface area contributed by atoms with Gasteiger partial charge in [-0.15, -0.1) is 0 Å². The van der Waals surface area contributed by atoms with Gasteiger partial charge >= 0.3 is 0 Å². The van der Waals surface area contributed by atoms with Crippen LogP contribution in [-0.4, -0.2) is 27.4 Å². The summed E-state index contributed by atoms with van der Waals surface area (Å²) in [5.41, 5.74) is 2.62. The summed E-state index contributed by atoms with van der Waals surface area (Å²) in [6.07, 6.45) is 4.75. The minimum Gasteiger partial charge on any atom is -0.308 e. The average molecular weight is 387 g/mol. The molecule has 0 aliphatic carbocycles. The van der Waals surface area contributed by atoms with Gasteiger partial charge in [-0.3, -0.25) is 4.79 Å². The molecule has 27 heavy (non-hydrogen) atoms. The molecule has 0 bridgehead atoms. The Morgan fingerprint density at radius 2 is 1.81 bits per heavy atom. The van der Waals surface area contributed by atoms with Crippen molar-refractivity contribution in [3.05, 3.63) is 59.7 Å². The molecule has 5 nitrogen and oxygen atoms in total. The highest BCUT2D eigenvalue weighted by Crippen LogP contribution is 2.28. The molecule has 1 heterocycles. The van der Waals surface area contributed by atoms with E-state index in [0.717, 1.165) is 37.8 Å². The van der Waals surface area contributed by atoms with Gasteiger partial charge in [0, 0.05) is 24.3 Å². The summed E-state index contributed by atoms with van der Waals surface area (Å²) in [5, 5.41) is 0. The molecule has 0 unspecified atom stereocenters. The van der Waals surface area contributed by atoms with Crippen LogP contribution in [0.25, 0.3) is 0 Å². The van der Waals surface area contributed by atoms with Crippen molar-refractivity contribution in [2.24, 2.45) is 0 Å². The Bertz CT molecular complexity index is 892. The number of amides is 1. The van der Waals surface area contributed by atoms with Gasteiger partial charge in [0.05, 0.1) is 4.90 Å². The predicted molar refractivity (Wildman–Crippen MR) is 108 cm³/mol. The van der Waals surface area contributed by atoms with Crippen LogP contribution in [0.5, 0.6) is 0 Å². The number of carbonyl (C=O) groups excluding carboxylic acids is 1. The van der Waals surface area contributed by atoms with Crippen LogP contribution in [0.1, 0.15) is 48.5 Å². The highest BCUT2D eigenvalue weighted by molar-refractivity contribution is 7.89. The fourth-order valence-corrected chi connectivity index (χ4v) is 4.42. The van der Waals surface area contributed by atoms with Gasteiger partial charge in [0.15, 0.2) is 0 Å². The lowest BCUT2D eigenvalue weighted by Crippen LogP contribution is -2.35. The lowest BCUT2D eigenvalue weighted by atomic mass is 10.0. The molecule has 2 aromatic rings. The van der Waals surface area contributed by atoms with Gasteiger partial charge < -0.3 is 4.90 Å². The van der Waals surface area contributed by atoms with E-state index in [4.69, 9.17) is 0 Å². The fourth-order valence-electron chi connectivity index (χ4n) is 3.34. The summed E-state index contributed by atoms with van der Waals surface area (Å²) >= 11 is 0. The number of sulfonamides is 1. The van der Waals surface area contributed by atoms with E-state index in [0.29, 0.717) is 18.7 Å². The van der Waals surface area contributed by atoms with Gasteiger partial charge in [0.1, 0.15) is 0 Å². The quantitative estimate of drug-likeness (QED) is 0.737. The number of fused-ring (bicyclic) bond motifs is 1. The number of carbonyl (C=O) groups is 1. The summed E-state index contributed by atoms with van der Waals surface area (Å²) in [5.74, 6) is -0.0954. The average Bonchev–Trinajstić information content (AvgIpc) is 2.70. The number of rotatable bonds is 7. The first-order valence-corrected chi connectivity index (χ1v) is 11.0. The highest BCUT2D eigenvalue weighted by atomic mass is 32.2. The van der Waals surface area contributed by atoms with Crippen LogP contribution in [-0.2, 0) is 16.4 Å². The van der Waals surface area contributed by atoms with Crippen LogP contribution in [0.4, 0.5) is 5.69 Å². The molecule has 3 rings (SSSR count). The lowest BCUT2D eigenvalue weighted by Gasteiger charge is -2.29. The van der Waals surface area contributed by atoms with E-state index in [1.54, 1.807) is 17.0 Å². The van der Waals surface area contributed by atoms with Crippen molar-refractivity contribution in [3.8, 4) is 0 Å². The van der Waals surface area contributed by atoms with Crippen molar-refractivity contribution >= 4 is 21.6 Å². The minimum absolute atomic E-state index is 0.0954. The third kappa shape index (κ3) is 4.57. The number of anilines is 1. The smallest absolute Gasteiger partial charge is 0.258 e. The molecule has 0 spiro atoms. The van der Waals surface area contributed by atoms with Gasteiger partial charge in [-0.05, 0) is 55.2 Å². The maximum absolute atomic E-state index is 12.9. The summed E-state index contributed by atoms with van der Waals surface area (Å²) in [7, 11) is -3.53. The number of benzene rings is 2. The van der Waals surface area contributed by atoms with Crippen LogP contribution in [0.3, 0.4) is 0 Å². The molecule has 1 N–H and O–H groups in total. The molecule has 0 fully saturated rings. The maximum atomic E-state index is 12.9. The topological polar surface area (TPSA) is 66.5 Å². The Balaban J connectivity index is 1.73. The largest absolute Gasteiger partial charge is 0.308 e. The van der Waals surface area contributed by atoms with Gasteiger partial charge in [-0.25, -0.2) is 13.1 Å². The second kappa shape index (κ2) is 8.67. The van der Waals surface area contributed by atoms with Crippen LogP contribution in [0.15, 0.2) is 53.4 Å². The molecule has 1 amide bonds. The molecule has 0 saturated heterocycles. The van der Waals surface area contributed by atoms with Crippen molar-refractivity contribution in [1.82, 2.24) is 4.72 Å². The molecular weight excluding hydrogens is 360 g/mol. The van der Waals surface area contributed by atoms with E-state index in [2.05, 4.69) is 17.7 Å². The number of nitrogens with zero attached hydrogens (tertiary/aromatic N) is 1. The van der Waals surface area contributed by atoms with Crippen molar-refractivity contribution in [1.29, 1.82) is 0 Å². The van der Waals surface area contributed by atoms with E-state index in [1.165, 1.54) is 17.7 Å². The van der Waals surface area contributed by atoms with Crippen molar-refractivity contribution < 1.29 is 13.2 Å². The second-order valence-electron chi connectivity index (χ2n) is 6.82. The zero-order chi connectivity index (χ0) is 19.3. The molecule has 1 aliphatic rings. The maximum Gasteiger partial charge on any atom is 0.258 e. The Hall–Kier alpha value is -2.18. The third-order valence-corrected chi connectivity index (χ3v) is 6.32. The summed E-state index contributed by atoms with van der Waals surface area (Å²) in [6.45, 7) is 3.18. The zero-order valence-electron chi connectivity index (χ0n) is 15.6. The Morgan fingerprint density at radius 1 is 1.07 bits per heavy atom. The van der Waals surface area contributed by atoms with Gasteiger partial charge in [0.25, 0.3) is 5.91 Å². The molecule has 144 valence electrons. The van der Waals surface area contributed by atoms with E-state index < -0.39 is 10.0 Å². The molecule has 0 atom stereocenters. The summed E-state index contributed by atoms with van der Waals surface area (Å²) in [6, 6.07) is 14.1. The number of nitrogens with one attached hydrogen (secondary N) is 1. The number of unbranched alkanes of at least 4 members (excludes halogenated alkanes) is 2. The molecular formula is C21H26N2O3S. The predicted octanol–water partition coefficient (Wildman–Crippen LogP) is 3.75. The van der Waals surface area contributed by atoms with Gasteiger partial charge in [-0.2, -0.15) is 0 Å². The Labute approximate surface area is 161 Å². The SMILES string of the molecule is CCCCCNS(=O)(=O)c1ccc(C(=O)N2CCCc3ccccc32)cc1. The number of para-hydroxylation sites is 1. The molecule has 6 heteroatoms. The first-order chi connectivity index (χ1) is 13.0. The second-order valence-corrected chi connectivity index (χ2v) is 8.59. The van der Waals surface area contributed by atoms with Crippen LogP contribution >= 0.6 is 0 Å².